The topological polar surface area (TPSA) is 104 Å². The SMILES string of the molecule is N#CC(C(=O)NCc1ccccc1)c1nc2ccccc2nc1N1CCN(Cc2ccc3c(c2)OCO3)CC1. The smallest absolute Gasteiger partial charge is 0.243 e. The van der Waals surface area contributed by atoms with Crippen molar-refractivity contribution in [2.45, 2.75) is 19.0 Å². The number of ether oxygens (including phenoxy) is 2. The molecule has 6 rings (SSSR count). The molecule has 0 aliphatic carbocycles. The van der Waals surface area contributed by atoms with Gasteiger partial charge in [-0.15, -0.1) is 0 Å². The molecule has 1 aromatic heterocycles. The van der Waals surface area contributed by atoms with E-state index in [-0.39, 0.29) is 12.7 Å². The molecule has 1 saturated heterocycles. The molecule has 0 radical (unpaired) electrons. The van der Waals surface area contributed by atoms with E-state index in [1.807, 2.05) is 66.7 Å². The van der Waals surface area contributed by atoms with Crippen molar-refractivity contribution in [1.82, 2.24) is 20.2 Å². The Morgan fingerprint density at radius 3 is 2.38 bits per heavy atom. The number of anilines is 1. The van der Waals surface area contributed by atoms with E-state index in [4.69, 9.17) is 19.4 Å². The van der Waals surface area contributed by atoms with Crippen molar-refractivity contribution in [3.63, 3.8) is 0 Å². The van der Waals surface area contributed by atoms with Crippen LogP contribution >= 0.6 is 0 Å². The van der Waals surface area contributed by atoms with E-state index < -0.39 is 5.92 Å². The van der Waals surface area contributed by atoms with Gasteiger partial charge in [-0.1, -0.05) is 48.5 Å². The number of rotatable bonds is 7. The van der Waals surface area contributed by atoms with Crippen LogP contribution in [0.1, 0.15) is 22.7 Å². The Hall–Kier alpha value is -4.68. The molecule has 196 valence electrons. The fourth-order valence-corrected chi connectivity index (χ4v) is 4.98. The maximum atomic E-state index is 13.2. The van der Waals surface area contributed by atoms with Crippen LogP contribution in [0.3, 0.4) is 0 Å². The molecule has 1 amide bonds. The van der Waals surface area contributed by atoms with Gasteiger partial charge >= 0.3 is 0 Å². The highest BCUT2D eigenvalue weighted by molar-refractivity contribution is 5.88. The first-order valence-corrected chi connectivity index (χ1v) is 13.0. The average Bonchev–Trinajstić information content (AvgIpc) is 3.45. The minimum Gasteiger partial charge on any atom is -0.454 e. The number of piperazine rings is 1. The molecule has 39 heavy (non-hydrogen) atoms. The molecule has 3 heterocycles. The van der Waals surface area contributed by atoms with Crippen LogP contribution in [0.2, 0.25) is 0 Å². The molecule has 0 saturated carbocycles. The Kier molecular flexibility index (Phi) is 6.93. The van der Waals surface area contributed by atoms with E-state index in [1.165, 1.54) is 5.56 Å². The third-order valence-electron chi connectivity index (χ3n) is 7.07. The minimum atomic E-state index is -1.08. The molecule has 1 atom stereocenters. The zero-order valence-corrected chi connectivity index (χ0v) is 21.4. The Balaban J connectivity index is 1.20. The van der Waals surface area contributed by atoms with Crippen molar-refractivity contribution >= 4 is 22.8 Å². The van der Waals surface area contributed by atoms with Gasteiger partial charge in [0.25, 0.3) is 0 Å². The number of carbonyl (C=O) groups excluding carboxylic acids is 1. The fourth-order valence-electron chi connectivity index (χ4n) is 4.98. The lowest BCUT2D eigenvalue weighted by molar-refractivity contribution is -0.121. The maximum Gasteiger partial charge on any atom is 0.243 e. The van der Waals surface area contributed by atoms with Crippen LogP contribution in [-0.4, -0.2) is 53.7 Å². The fraction of sp³-hybridized carbons (Fsp3) is 0.267. The van der Waals surface area contributed by atoms with Crippen LogP contribution in [0.25, 0.3) is 11.0 Å². The Morgan fingerprint density at radius 2 is 1.62 bits per heavy atom. The normalized spacial score (nSPS) is 15.6. The highest BCUT2D eigenvalue weighted by atomic mass is 16.7. The van der Waals surface area contributed by atoms with Crippen LogP contribution in [0.4, 0.5) is 5.82 Å². The van der Waals surface area contributed by atoms with Crippen LogP contribution in [0, 0.1) is 11.3 Å². The number of fused-ring (bicyclic) bond motifs is 2. The van der Waals surface area contributed by atoms with Crippen LogP contribution in [0.5, 0.6) is 11.5 Å². The summed E-state index contributed by atoms with van der Waals surface area (Å²) in [6.07, 6.45) is 0. The summed E-state index contributed by atoms with van der Waals surface area (Å²) < 4.78 is 10.9. The second-order valence-corrected chi connectivity index (χ2v) is 9.64. The summed E-state index contributed by atoms with van der Waals surface area (Å²) in [5, 5.41) is 13.0. The number of hydrogen-bond acceptors (Lipinski definition) is 8. The number of para-hydroxylation sites is 2. The molecule has 3 aromatic carbocycles. The molecule has 0 bridgehead atoms. The van der Waals surface area contributed by atoms with Gasteiger partial charge in [0.1, 0.15) is 5.69 Å². The largest absolute Gasteiger partial charge is 0.454 e. The molecule has 2 aliphatic heterocycles. The van der Waals surface area contributed by atoms with Crippen LogP contribution in [0.15, 0.2) is 72.8 Å². The molecule has 2 aliphatic rings. The minimum absolute atomic E-state index is 0.264. The molecule has 9 heteroatoms. The van der Waals surface area contributed by atoms with Gasteiger partial charge in [-0.25, -0.2) is 9.97 Å². The average molecular weight is 521 g/mol. The summed E-state index contributed by atoms with van der Waals surface area (Å²) >= 11 is 0. The molecule has 1 N–H and O–H groups in total. The third-order valence-corrected chi connectivity index (χ3v) is 7.07. The number of nitrogens with zero attached hydrogens (tertiary/aromatic N) is 5. The summed E-state index contributed by atoms with van der Waals surface area (Å²) in [6, 6.07) is 25.4. The Labute approximate surface area is 226 Å². The lowest BCUT2D eigenvalue weighted by Crippen LogP contribution is -2.47. The van der Waals surface area contributed by atoms with E-state index in [0.717, 1.165) is 42.2 Å². The van der Waals surface area contributed by atoms with Crippen molar-refractivity contribution in [3.05, 3.63) is 89.6 Å². The maximum absolute atomic E-state index is 13.2. The van der Waals surface area contributed by atoms with E-state index in [9.17, 15) is 10.1 Å². The summed E-state index contributed by atoms with van der Waals surface area (Å²) in [5.41, 5.74) is 3.92. The van der Waals surface area contributed by atoms with Gasteiger partial charge in [0.05, 0.1) is 17.1 Å². The number of carbonyl (C=O) groups is 1. The molecule has 9 nitrogen and oxygen atoms in total. The van der Waals surface area contributed by atoms with E-state index >= 15 is 0 Å². The lowest BCUT2D eigenvalue weighted by Gasteiger charge is -2.36. The number of amides is 1. The van der Waals surface area contributed by atoms with Gasteiger partial charge in [0.2, 0.25) is 12.7 Å². The number of hydrogen-bond donors (Lipinski definition) is 1. The number of benzene rings is 3. The van der Waals surface area contributed by atoms with Crippen LogP contribution in [-0.2, 0) is 17.9 Å². The van der Waals surface area contributed by atoms with Gasteiger partial charge < -0.3 is 19.7 Å². The zero-order valence-electron chi connectivity index (χ0n) is 21.4. The zero-order chi connectivity index (χ0) is 26.6. The van der Waals surface area contributed by atoms with Crippen molar-refractivity contribution in [2.24, 2.45) is 0 Å². The standard InChI is InChI=1S/C30H28N6O3/c31-17-23(30(37)32-18-21-6-2-1-3-7-21)28-29(34-25-9-5-4-8-24(25)33-28)36-14-12-35(13-15-36)19-22-10-11-26-27(16-22)39-20-38-26/h1-11,16,23H,12-15,18-20H2,(H,32,37). The highest BCUT2D eigenvalue weighted by Crippen LogP contribution is 2.33. The van der Waals surface area contributed by atoms with Gasteiger partial charge in [-0.2, -0.15) is 5.26 Å². The van der Waals surface area contributed by atoms with E-state index in [2.05, 4.69) is 27.3 Å². The first-order valence-electron chi connectivity index (χ1n) is 13.0. The quantitative estimate of drug-likeness (QED) is 0.394. The summed E-state index contributed by atoms with van der Waals surface area (Å²) in [6.45, 7) is 4.42. The number of nitrogens with one attached hydrogen (secondary N) is 1. The third kappa shape index (κ3) is 5.33. The predicted octanol–water partition coefficient (Wildman–Crippen LogP) is 3.60. The van der Waals surface area contributed by atoms with Crippen LogP contribution < -0.4 is 19.7 Å². The molecular formula is C30H28N6O3. The van der Waals surface area contributed by atoms with Gasteiger partial charge in [-0.3, -0.25) is 9.69 Å². The molecular weight excluding hydrogens is 492 g/mol. The Bertz CT molecular complexity index is 1530. The monoisotopic (exact) mass is 520 g/mol. The molecule has 0 spiro atoms. The van der Waals surface area contributed by atoms with Crippen molar-refractivity contribution < 1.29 is 14.3 Å². The van der Waals surface area contributed by atoms with Crippen molar-refractivity contribution in [1.29, 1.82) is 5.26 Å². The van der Waals surface area contributed by atoms with Gasteiger partial charge in [0.15, 0.2) is 23.2 Å². The van der Waals surface area contributed by atoms with Gasteiger partial charge in [-0.05, 0) is 35.4 Å². The summed E-state index contributed by atoms with van der Waals surface area (Å²) in [4.78, 5) is 27.4. The predicted molar refractivity (Wildman–Crippen MR) is 146 cm³/mol. The Morgan fingerprint density at radius 1 is 0.897 bits per heavy atom. The summed E-state index contributed by atoms with van der Waals surface area (Å²) in [7, 11) is 0. The van der Waals surface area contributed by atoms with Crippen molar-refractivity contribution in [3.8, 4) is 17.6 Å². The van der Waals surface area contributed by atoms with Gasteiger partial charge in [0, 0.05) is 39.3 Å². The lowest BCUT2D eigenvalue weighted by atomic mass is 10.0. The van der Waals surface area contributed by atoms with E-state index in [1.54, 1.807) is 0 Å². The van der Waals surface area contributed by atoms with Crippen molar-refractivity contribution in [2.75, 3.05) is 37.9 Å². The number of nitriles is 1. The first kappa shape index (κ1) is 24.6. The molecule has 1 unspecified atom stereocenters. The second-order valence-electron chi connectivity index (χ2n) is 9.64. The first-order chi connectivity index (χ1) is 19.2. The highest BCUT2D eigenvalue weighted by Gasteiger charge is 2.30. The summed E-state index contributed by atoms with van der Waals surface area (Å²) in [5.74, 6) is 0.708. The molecule has 4 aromatic rings. The number of aromatic nitrogens is 2. The molecule has 1 fully saturated rings. The van der Waals surface area contributed by atoms with E-state index in [0.29, 0.717) is 36.7 Å². The second kappa shape index (κ2) is 11.0.